The summed E-state index contributed by atoms with van der Waals surface area (Å²) in [6.07, 6.45) is -4.34. The maximum Gasteiger partial charge on any atom is 0.416 e. The van der Waals surface area contributed by atoms with Gasteiger partial charge < -0.3 is 10.2 Å². The highest BCUT2D eigenvalue weighted by molar-refractivity contribution is 5.78. The van der Waals surface area contributed by atoms with Gasteiger partial charge in [-0.25, -0.2) is 0 Å². The highest BCUT2D eigenvalue weighted by atomic mass is 19.4. The molecule has 0 heterocycles. The Bertz CT molecular complexity index is 442. The van der Waals surface area contributed by atoms with Crippen LogP contribution in [0.3, 0.4) is 0 Å². The molecule has 20 heavy (non-hydrogen) atoms. The van der Waals surface area contributed by atoms with E-state index in [1.165, 1.54) is 6.07 Å². The summed E-state index contributed by atoms with van der Waals surface area (Å²) < 4.78 is 37.6. The van der Waals surface area contributed by atoms with Crippen molar-refractivity contribution in [3.8, 4) is 0 Å². The van der Waals surface area contributed by atoms with Crippen LogP contribution in [0, 0.1) is 0 Å². The van der Waals surface area contributed by atoms with Crippen molar-refractivity contribution in [2.24, 2.45) is 0 Å². The number of carbonyl (C=O) groups excluding carboxylic acids is 1. The van der Waals surface area contributed by atoms with Gasteiger partial charge in [-0.2, -0.15) is 13.2 Å². The minimum absolute atomic E-state index is 0.0537. The lowest BCUT2D eigenvalue weighted by molar-refractivity contribution is -0.137. The largest absolute Gasteiger partial charge is 0.416 e. The van der Waals surface area contributed by atoms with Crippen LogP contribution in [0.25, 0.3) is 0 Å². The first-order chi connectivity index (χ1) is 9.38. The van der Waals surface area contributed by atoms with E-state index >= 15 is 0 Å². The normalized spacial score (nSPS) is 11.4. The molecular weight excluding hydrogens is 269 g/mol. The third-order valence-corrected chi connectivity index (χ3v) is 2.98. The van der Waals surface area contributed by atoms with E-state index in [0.29, 0.717) is 18.7 Å². The number of hydrogen-bond acceptors (Lipinski definition) is 2. The quantitative estimate of drug-likeness (QED) is 0.873. The second-order valence-electron chi connectivity index (χ2n) is 4.37. The lowest BCUT2D eigenvalue weighted by Crippen LogP contribution is -2.37. The summed E-state index contributed by atoms with van der Waals surface area (Å²) in [5.74, 6) is -0.0537. The Morgan fingerprint density at radius 2 is 1.90 bits per heavy atom. The molecule has 0 bridgehead atoms. The van der Waals surface area contributed by atoms with Gasteiger partial charge in [-0.05, 0) is 25.5 Å². The van der Waals surface area contributed by atoms with E-state index in [-0.39, 0.29) is 19.0 Å². The van der Waals surface area contributed by atoms with Gasteiger partial charge in [-0.1, -0.05) is 18.2 Å². The van der Waals surface area contributed by atoms with Crippen LogP contribution in [0.1, 0.15) is 25.0 Å². The number of hydrogen-bond donors (Lipinski definition) is 1. The van der Waals surface area contributed by atoms with E-state index in [1.807, 2.05) is 13.8 Å². The monoisotopic (exact) mass is 288 g/mol. The number of alkyl halides is 3. The van der Waals surface area contributed by atoms with Crippen LogP contribution < -0.4 is 5.32 Å². The number of halogens is 3. The van der Waals surface area contributed by atoms with Gasteiger partial charge in [0, 0.05) is 19.6 Å². The molecule has 0 saturated carbocycles. The SMILES string of the molecule is CCN(CC)C(=O)CNCc1cccc(C(F)(F)F)c1. The zero-order chi connectivity index (χ0) is 15.2. The third-order valence-electron chi connectivity index (χ3n) is 2.98. The van der Waals surface area contributed by atoms with Gasteiger partial charge in [-0.3, -0.25) is 4.79 Å². The second kappa shape index (κ2) is 7.28. The molecule has 0 aliphatic carbocycles. The van der Waals surface area contributed by atoms with Crippen molar-refractivity contribution in [3.05, 3.63) is 35.4 Å². The van der Waals surface area contributed by atoms with Gasteiger partial charge in [0.1, 0.15) is 0 Å². The van der Waals surface area contributed by atoms with Gasteiger partial charge in [0.05, 0.1) is 12.1 Å². The zero-order valence-corrected chi connectivity index (χ0v) is 11.6. The van der Waals surface area contributed by atoms with E-state index in [4.69, 9.17) is 0 Å². The van der Waals surface area contributed by atoms with Crippen molar-refractivity contribution < 1.29 is 18.0 Å². The Kier molecular flexibility index (Phi) is 6.01. The summed E-state index contributed by atoms with van der Waals surface area (Å²) in [7, 11) is 0. The van der Waals surface area contributed by atoms with Crippen LogP contribution in [0.5, 0.6) is 0 Å². The van der Waals surface area contributed by atoms with Crippen molar-refractivity contribution in [1.82, 2.24) is 10.2 Å². The summed E-state index contributed by atoms with van der Waals surface area (Å²) in [6.45, 7) is 5.37. The first kappa shape index (κ1) is 16.5. The number of likely N-dealkylation sites (N-methyl/N-ethyl adjacent to an activating group) is 1. The molecule has 0 aliphatic rings. The summed E-state index contributed by atoms with van der Waals surface area (Å²) in [4.78, 5) is 13.4. The molecule has 1 rings (SSSR count). The fourth-order valence-electron chi connectivity index (χ4n) is 1.86. The number of rotatable bonds is 6. The van der Waals surface area contributed by atoms with E-state index in [1.54, 1.807) is 11.0 Å². The second-order valence-corrected chi connectivity index (χ2v) is 4.37. The Morgan fingerprint density at radius 3 is 2.45 bits per heavy atom. The van der Waals surface area contributed by atoms with E-state index in [9.17, 15) is 18.0 Å². The van der Waals surface area contributed by atoms with Crippen LogP contribution >= 0.6 is 0 Å². The van der Waals surface area contributed by atoms with Crippen LogP contribution in [0.2, 0.25) is 0 Å². The number of nitrogens with one attached hydrogen (secondary N) is 1. The first-order valence-corrected chi connectivity index (χ1v) is 6.53. The average Bonchev–Trinajstić information content (AvgIpc) is 2.39. The van der Waals surface area contributed by atoms with Gasteiger partial charge in [0.25, 0.3) is 0 Å². The molecule has 3 nitrogen and oxygen atoms in total. The van der Waals surface area contributed by atoms with Gasteiger partial charge >= 0.3 is 6.18 Å². The van der Waals surface area contributed by atoms with Crippen molar-refractivity contribution >= 4 is 5.91 Å². The number of carbonyl (C=O) groups is 1. The molecule has 0 unspecified atom stereocenters. The molecule has 1 amide bonds. The van der Waals surface area contributed by atoms with Gasteiger partial charge in [0.15, 0.2) is 0 Å². The lowest BCUT2D eigenvalue weighted by Gasteiger charge is -2.18. The number of nitrogens with zero attached hydrogens (tertiary/aromatic N) is 1. The van der Waals surface area contributed by atoms with Gasteiger partial charge in [-0.15, -0.1) is 0 Å². The van der Waals surface area contributed by atoms with E-state index in [0.717, 1.165) is 12.1 Å². The molecule has 112 valence electrons. The lowest BCUT2D eigenvalue weighted by atomic mass is 10.1. The van der Waals surface area contributed by atoms with Crippen LogP contribution in [0.4, 0.5) is 13.2 Å². The summed E-state index contributed by atoms with van der Waals surface area (Å²) in [5, 5.41) is 2.87. The number of amides is 1. The molecular formula is C14H19F3N2O. The zero-order valence-electron chi connectivity index (χ0n) is 11.6. The fourth-order valence-corrected chi connectivity index (χ4v) is 1.86. The predicted molar refractivity (Wildman–Crippen MR) is 71.1 cm³/mol. The smallest absolute Gasteiger partial charge is 0.342 e. The maximum atomic E-state index is 12.5. The highest BCUT2D eigenvalue weighted by Crippen LogP contribution is 2.29. The minimum Gasteiger partial charge on any atom is -0.342 e. The molecule has 0 aliphatic heterocycles. The summed E-state index contributed by atoms with van der Waals surface area (Å²) in [6, 6.07) is 5.09. The Labute approximate surface area is 116 Å². The molecule has 1 aromatic rings. The average molecular weight is 288 g/mol. The maximum absolute atomic E-state index is 12.5. The van der Waals surface area contributed by atoms with Crippen LogP contribution in [-0.2, 0) is 17.5 Å². The molecule has 1 N–H and O–H groups in total. The summed E-state index contributed by atoms with van der Waals surface area (Å²) in [5.41, 5.74) is -0.168. The number of benzene rings is 1. The third kappa shape index (κ3) is 4.85. The van der Waals surface area contributed by atoms with Crippen molar-refractivity contribution in [2.75, 3.05) is 19.6 Å². The molecule has 0 aromatic heterocycles. The Morgan fingerprint density at radius 1 is 1.25 bits per heavy atom. The highest BCUT2D eigenvalue weighted by Gasteiger charge is 2.30. The molecule has 0 fully saturated rings. The topological polar surface area (TPSA) is 32.3 Å². The van der Waals surface area contributed by atoms with E-state index < -0.39 is 11.7 Å². The molecule has 0 atom stereocenters. The minimum atomic E-state index is -4.34. The molecule has 6 heteroatoms. The molecule has 1 aromatic carbocycles. The fraction of sp³-hybridized carbons (Fsp3) is 0.500. The first-order valence-electron chi connectivity index (χ1n) is 6.53. The summed E-state index contributed by atoms with van der Waals surface area (Å²) >= 11 is 0. The molecule has 0 saturated heterocycles. The van der Waals surface area contributed by atoms with Crippen LogP contribution in [0.15, 0.2) is 24.3 Å². The molecule has 0 radical (unpaired) electrons. The standard InChI is InChI=1S/C14H19F3N2O/c1-3-19(4-2)13(20)10-18-9-11-6-5-7-12(8-11)14(15,16)17/h5-8,18H,3-4,9-10H2,1-2H3. The predicted octanol–water partition coefficient (Wildman–Crippen LogP) is 2.66. The molecule has 0 spiro atoms. The van der Waals surface area contributed by atoms with Gasteiger partial charge in [0.2, 0.25) is 5.91 Å². The van der Waals surface area contributed by atoms with Crippen molar-refractivity contribution in [2.45, 2.75) is 26.6 Å². The van der Waals surface area contributed by atoms with Crippen molar-refractivity contribution in [3.63, 3.8) is 0 Å². The van der Waals surface area contributed by atoms with Crippen LogP contribution in [-0.4, -0.2) is 30.4 Å². The Hall–Kier alpha value is -1.56. The Balaban J connectivity index is 2.52. The van der Waals surface area contributed by atoms with Crippen molar-refractivity contribution in [1.29, 1.82) is 0 Å². The van der Waals surface area contributed by atoms with E-state index in [2.05, 4.69) is 5.32 Å².